The Morgan fingerprint density at radius 3 is 2.46 bits per heavy atom. The molecule has 0 spiro atoms. The maximum Gasteiger partial charge on any atom is 0.416 e. The van der Waals surface area contributed by atoms with Gasteiger partial charge in [0.05, 0.1) is 35.6 Å². The molecule has 4 aromatic rings. The van der Waals surface area contributed by atoms with E-state index in [0.29, 0.717) is 27.9 Å². The van der Waals surface area contributed by atoms with Gasteiger partial charge >= 0.3 is 12.1 Å². The molecule has 1 heterocycles. The highest BCUT2D eigenvalue weighted by Crippen LogP contribution is 2.40. The molecule has 0 unspecified atom stereocenters. The number of carbonyl (C=O) groups excluding carboxylic acids is 2. The number of methoxy groups -OCH3 is 1. The average molecular weight is 509 g/mol. The van der Waals surface area contributed by atoms with E-state index in [-0.39, 0.29) is 28.4 Å². The van der Waals surface area contributed by atoms with Gasteiger partial charge in [-0.15, -0.1) is 0 Å². The number of alkyl halides is 3. The van der Waals surface area contributed by atoms with E-state index in [1.54, 1.807) is 6.07 Å². The van der Waals surface area contributed by atoms with Gasteiger partial charge in [-0.25, -0.2) is 9.18 Å². The summed E-state index contributed by atoms with van der Waals surface area (Å²) in [6.07, 6.45) is -4.67. The minimum Gasteiger partial charge on any atom is -0.481 e. The van der Waals surface area contributed by atoms with Crippen LogP contribution in [0.25, 0.3) is 21.8 Å². The molecule has 1 amide bonds. The summed E-state index contributed by atoms with van der Waals surface area (Å²) in [5.41, 5.74) is 5.13. The van der Waals surface area contributed by atoms with Crippen molar-refractivity contribution in [2.24, 2.45) is 5.73 Å². The molecule has 4 rings (SSSR count). The van der Waals surface area contributed by atoms with E-state index in [2.05, 4.69) is 4.74 Å². The van der Waals surface area contributed by atoms with Crippen LogP contribution in [0.15, 0.2) is 48.5 Å². The number of nitrogens with two attached hydrogens (primary N) is 1. The number of amides is 1. The zero-order valence-corrected chi connectivity index (χ0v) is 18.8. The molecule has 6 nitrogen and oxygen atoms in total. The second kappa shape index (κ2) is 9.10. The van der Waals surface area contributed by atoms with Crippen molar-refractivity contribution in [3.63, 3.8) is 0 Å². The summed E-state index contributed by atoms with van der Waals surface area (Å²) in [4.78, 5) is 23.9. The van der Waals surface area contributed by atoms with E-state index in [0.717, 1.165) is 12.1 Å². The van der Waals surface area contributed by atoms with E-state index in [9.17, 15) is 27.2 Å². The van der Waals surface area contributed by atoms with Crippen LogP contribution in [-0.4, -0.2) is 30.2 Å². The average Bonchev–Trinajstić information content (AvgIpc) is 3.11. The van der Waals surface area contributed by atoms with Gasteiger partial charge in [0.2, 0.25) is 5.91 Å². The largest absolute Gasteiger partial charge is 0.481 e. The molecule has 0 saturated carbocycles. The van der Waals surface area contributed by atoms with Crippen molar-refractivity contribution in [1.82, 2.24) is 4.57 Å². The van der Waals surface area contributed by atoms with Gasteiger partial charge in [0.15, 0.2) is 6.61 Å². The number of halogens is 5. The molecular formula is C24H17ClF4N2O4. The minimum atomic E-state index is -4.67. The van der Waals surface area contributed by atoms with Crippen LogP contribution in [0.1, 0.15) is 21.5 Å². The van der Waals surface area contributed by atoms with Crippen molar-refractivity contribution in [2.75, 3.05) is 13.7 Å². The molecule has 0 aliphatic carbocycles. The Labute approximate surface area is 200 Å². The van der Waals surface area contributed by atoms with Gasteiger partial charge in [0, 0.05) is 21.5 Å². The molecule has 3 aromatic carbocycles. The van der Waals surface area contributed by atoms with E-state index in [1.807, 2.05) is 0 Å². The van der Waals surface area contributed by atoms with Crippen LogP contribution < -0.4 is 10.5 Å². The summed E-state index contributed by atoms with van der Waals surface area (Å²) < 4.78 is 66.1. The van der Waals surface area contributed by atoms with E-state index < -0.39 is 36.0 Å². The minimum absolute atomic E-state index is 0.0982. The number of hydrogen-bond acceptors (Lipinski definition) is 4. The predicted molar refractivity (Wildman–Crippen MR) is 121 cm³/mol. The van der Waals surface area contributed by atoms with Gasteiger partial charge in [-0.05, 0) is 42.5 Å². The number of ether oxygens (including phenoxy) is 2. The molecular weight excluding hydrogens is 492 g/mol. The number of primary amides is 1. The molecule has 35 heavy (non-hydrogen) atoms. The summed E-state index contributed by atoms with van der Waals surface area (Å²) in [6.45, 7) is -0.797. The molecule has 0 radical (unpaired) electrons. The second-order valence-corrected chi connectivity index (χ2v) is 8.05. The van der Waals surface area contributed by atoms with Crippen LogP contribution in [0.2, 0.25) is 5.02 Å². The number of fused-ring (bicyclic) bond motifs is 3. The molecule has 182 valence electrons. The van der Waals surface area contributed by atoms with Crippen molar-refractivity contribution < 1.29 is 36.6 Å². The van der Waals surface area contributed by atoms with Crippen LogP contribution in [-0.2, 0) is 22.3 Å². The molecule has 1 aromatic heterocycles. The maximum atomic E-state index is 14.6. The van der Waals surface area contributed by atoms with Crippen LogP contribution in [0.4, 0.5) is 17.6 Å². The SMILES string of the molecule is COC(=O)COc1cc(Cl)cc2c1c1c(C(N)=O)cccc1n2Cc1cc(C(F)(F)F)ccc1F. The number of nitrogens with zero attached hydrogens (tertiary/aromatic N) is 1. The molecule has 0 fully saturated rings. The van der Waals surface area contributed by atoms with Crippen LogP contribution in [0, 0.1) is 5.82 Å². The Balaban J connectivity index is 2.01. The fourth-order valence-corrected chi connectivity index (χ4v) is 4.12. The molecule has 0 aliphatic heterocycles. The number of rotatable bonds is 6. The summed E-state index contributed by atoms with van der Waals surface area (Å²) in [7, 11) is 1.18. The van der Waals surface area contributed by atoms with Crippen molar-refractivity contribution in [3.05, 3.63) is 76.1 Å². The van der Waals surface area contributed by atoms with E-state index >= 15 is 0 Å². The summed E-state index contributed by atoms with van der Waals surface area (Å²) in [6, 6.07) is 9.66. The lowest BCUT2D eigenvalue weighted by Crippen LogP contribution is -2.13. The van der Waals surface area contributed by atoms with Gasteiger partial charge in [-0.3, -0.25) is 4.79 Å². The van der Waals surface area contributed by atoms with Crippen molar-refractivity contribution in [3.8, 4) is 5.75 Å². The van der Waals surface area contributed by atoms with Crippen LogP contribution in [0.3, 0.4) is 0 Å². The van der Waals surface area contributed by atoms with Gasteiger partial charge < -0.3 is 19.8 Å². The number of benzene rings is 3. The summed E-state index contributed by atoms with van der Waals surface area (Å²) >= 11 is 6.27. The normalized spacial score (nSPS) is 11.7. The number of carbonyl (C=O) groups is 2. The highest BCUT2D eigenvalue weighted by atomic mass is 35.5. The molecule has 0 atom stereocenters. The highest BCUT2D eigenvalue weighted by molar-refractivity contribution is 6.32. The van der Waals surface area contributed by atoms with Crippen LogP contribution >= 0.6 is 11.6 Å². The van der Waals surface area contributed by atoms with Gasteiger partial charge in [0.25, 0.3) is 0 Å². The number of esters is 1. The molecule has 0 saturated heterocycles. The lowest BCUT2D eigenvalue weighted by molar-refractivity contribution is -0.143. The first-order valence-corrected chi connectivity index (χ1v) is 10.5. The first kappa shape index (κ1) is 24.3. The number of aromatic nitrogens is 1. The lowest BCUT2D eigenvalue weighted by atomic mass is 10.1. The van der Waals surface area contributed by atoms with Crippen molar-refractivity contribution in [2.45, 2.75) is 12.7 Å². The molecule has 2 N–H and O–H groups in total. The number of hydrogen-bond donors (Lipinski definition) is 1. The van der Waals surface area contributed by atoms with Gasteiger partial charge in [-0.1, -0.05) is 17.7 Å². The van der Waals surface area contributed by atoms with Crippen LogP contribution in [0.5, 0.6) is 5.75 Å². The third-order valence-electron chi connectivity index (χ3n) is 5.46. The third kappa shape index (κ3) is 4.61. The lowest BCUT2D eigenvalue weighted by Gasteiger charge is -2.13. The van der Waals surface area contributed by atoms with Crippen molar-refractivity contribution >= 4 is 45.3 Å². The summed E-state index contributed by atoms with van der Waals surface area (Å²) in [5, 5.41) is 0.820. The molecule has 11 heteroatoms. The second-order valence-electron chi connectivity index (χ2n) is 7.62. The zero-order valence-electron chi connectivity index (χ0n) is 18.1. The fraction of sp³-hybridized carbons (Fsp3) is 0.167. The molecule has 0 aliphatic rings. The Morgan fingerprint density at radius 2 is 1.80 bits per heavy atom. The first-order chi connectivity index (χ1) is 16.5. The predicted octanol–water partition coefficient (Wildman–Crippen LogP) is 5.30. The third-order valence-corrected chi connectivity index (χ3v) is 5.68. The fourth-order valence-electron chi connectivity index (χ4n) is 3.92. The maximum absolute atomic E-state index is 14.6. The Hall–Kier alpha value is -3.79. The van der Waals surface area contributed by atoms with Gasteiger partial charge in [0.1, 0.15) is 11.6 Å². The highest BCUT2D eigenvalue weighted by Gasteiger charge is 2.31. The molecule has 0 bridgehead atoms. The Morgan fingerprint density at radius 1 is 1.06 bits per heavy atom. The summed E-state index contributed by atoms with van der Waals surface area (Å²) in [5.74, 6) is -2.18. The van der Waals surface area contributed by atoms with E-state index in [4.69, 9.17) is 22.1 Å². The smallest absolute Gasteiger partial charge is 0.416 e. The van der Waals surface area contributed by atoms with Crippen molar-refractivity contribution in [1.29, 1.82) is 0 Å². The topological polar surface area (TPSA) is 83.6 Å². The van der Waals surface area contributed by atoms with E-state index in [1.165, 1.54) is 35.9 Å². The zero-order chi connectivity index (χ0) is 25.5. The first-order valence-electron chi connectivity index (χ1n) is 10.1. The van der Waals surface area contributed by atoms with Gasteiger partial charge in [-0.2, -0.15) is 13.2 Å². The monoisotopic (exact) mass is 508 g/mol. The standard InChI is InChI=1S/C24H17ClF4N2O4/c1-34-20(32)11-35-19-9-14(25)8-18-22(19)21-15(23(30)33)3-2-4-17(21)31(18)10-12-7-13(24(27,28)29)5-6-16(12)26/h2-9H,10-11H2,1H3,(H2,30,33). The Kier molecular flexibility index (Phi) is 6.33. The quantitative estimate of drug-likeness (QED) is 0.283. The Bertz CT molecular complexity index is 1480.